The third-order valence-corrected chi connectivity index (χ3v) is 5.70. The zero-order valence-electron chi connectivity index (χ0n) is 14.2. The molecule has 0 spiro atoms. The molecule has 1 aromatic carbocycles. The highest BCUT2D eigenvalue weighted by Crippen LogP contribution is 2.29. The number of anilines is 1. The average Bonchev–Trinajstić information content (AvgIpc) is 3.14. The van der Waals surface area contributed by atoms with Crippen LogP contribution in [-0.4, -0.2) is 45.2 Å². The Hall–Kier alpha value is -2.46. The predicted octanol–water partition coefficient (Wildman–Crippen LogP) is 2.06. The molecule has 2 heterocycles. The molecule has 1 atom stereocenters. The molecule has 26 heavy (non-hydrogen) atoms. The first-order valence-corrected chi connectivity index (χ1v) is 9.70. The maximum atomic E-state index is 12.7. The van der Waals surface area contributed by atoms with E-state index in [1.807, 2.05) is 13.0 Å². The van der Waals surface area contributed by atoms with Gasteiger partial charge in [-0.25, -0.2) is 4.79 Å². The van der Waals surface area contributed by atoms with Gasteiger partial charge in [-0.3, -0.25) is 19.8 Å². The number of hydrogen-bond acceptors (Lipinski definition) is 7. The van der Waals surface area contributed by atoms with Gasteiger partial charge in [-0.15, -0.1) is 10.2 Å². The Morgan fingerprint density at radius 1 is 1.31 bits per heavy atom. The fourth-order valence-corrected chi connectivity index (χ4v) is 4.22. The summed E-state index contributed by atoms with van der Waals surface area (Å²) in [5.41, 5.74) is -0.529. The van der Waals surface area contributed by atoms with Crippen LogP contribution in [0.3, 0.4) is 0 Å². The van der Waals surface area contributed by atoms with Crippen molar-refractivity contribution in [2.75, 3.05) is 17.6 Å². The lowest BCUT2D eigenvalue weighted by molar-refractivity contribution is -0.133. The van der Waals surface area contributed by atoms with E-state index in [1.54, 1.807) is 31.2 Å². The van der Waals surface area contributed by atoms with E-state index in [-0.39, 0.29) is 6.54 Å². The van der Waals surface area contributed by atoms with Gasteiger partial charge in [-0.2, -0.15) is 0 Å². The molecule has 1 saturated heterocycles. The standard InChI is InChI=1S/C16H17N5O3S2/c1-3-25-15-20-19-13(26-15)17-11(22)9-21-12(23)16(2,18-14(21)24)10-7-5-4-6-8-10/h4-8H,3,9H2,1-2H3,(H,18,24)(H,17,19,22)/t16-/m1/s1. The lowest BCUT2D eigenvalue weighted by atomic mass is 9.92. The maximum Gasteiger partial charge on any atom is 0.325 e. The van der Waals surface area contributed by atoms with Crippen LogP contribution in [0.25, 0.3) is 0 Å². The molecule has 4 amide bonds. The van der Waals surface area contributed by atoms with E-state index in [4.69, 9.17) is 0 Å². The number of amides is 4. The number of rotatable bonds is 6. The van der Waals surface area contributed by atoms with E-state index < -0.39 is 23.4 Å². The van der Waals surface area contributed by atoms with Crippen LogP contribution >= 0.6 is 23.1 Å². The third kappa shape index (κ3) is 3.56. The third-order valence-electron chi connectivity index (χ3n) is 3.85. The van der Waals surface area contributed by atoms with Crippen molar-refractivity contribution in [1.82, 2.24) is 20.4 Å². The van der Waals surface area contributed by atoms with Gasteiger partial charge in [0.05, 0.1) is 0 Å². The number of nitrogens with one attached hydrogen (secondary N) is 2. The van der Waals surface area contributed by atoms with Crippen LogP contribution in [-0.2, 0) is 15.1 Å². The van der Waals surface area contributed by atoms with Gasteiger partial charge in [0, 0.05) is 0 Å². The number of aromatic nitrogens is 2. The zero-order chi connectivity index (χ0) is 18.7. The quantitative estimate of drug-likeness (QED) is 0.444. The molecule has 1 aliphatic rings. The largest absolute Gasteiger partial charge is 0.325 e. The summed E-state index contributed by atoms with van der Waals surface area (Å²) >= 11 is 2.77. The van der Waals surface area contributed by atoms with E-state index in [2.05, 4.69) is 20.8 Å². The molecule has 2 N–H and O–H groups in total. The monoisotopic (exact) mass is 391 g/mol. The molecule has 2 aromatic rings. The van der Waals surface area contributed by atoms with Crippen molar-refractivity contribution in [2.24, 2.45) is 0 Å². The molecule has 0 aliphatic carbocycles. The lowest BCUT2D eigenvalue weighted by Crippen LogP contribution is -2.42. The van der Waals surface area contributed by atoms with Gasteiger partial charge in [0.2, 0.25) is 11.0 Å². The van der Waals surface area contributed by atoms with Crippen LogP contribution in [0.4, 0.5) is 9.93 Å². The molecule has 1 aliphatic heterocycles. The highest BCUT2D eigenvalue weighted by Gasteiger charge is 2.49. The average molecular weight is 391 g/mol. The number of imide groups is 1. The number of nitrogens with zero attached hydrogens (tertiary/aromatic N) is 3. The highest BCUT2D eigenvalue weighted by atomic mass is 32.2. The fourth-order valence-electron chi connectivity index (χ4n) is 2.55. The Labute approximate surface area is 158 Å². The fraction of sp³-hybridized carbons (Fsp3) is 0.312. The number of hydrogen-bond donors (Lipinski definition) is 2. The van der Waals surface area contributed by atoms with E-state index in [0.29, 0.717) is 10.7 Å². The summed E-state index contributed by atoms with van der Waals surface area (Å²) in [4.78, 5) is 38.1. The topological polar surface area (TPSA) is 104 Å². The first kappa shape index (κ1) is 18.3. The van der Waals surface area contributed by atoms with Gasteiger partial charge in [0.1, 0.15) is 12.1 Å². The van der Waals surface area contributed by atoms with Crippen LogP contribution in [0.5, 0.6) is 0 Å². The summed E-state index contributed by atoms with van der Waals surface area (Å²) in [6.07, 6.45) is 0. The van der Waals surface area contributed by atoms with Gasteiger partial charge in [0.25, 0.3) is 5.91 Å². The van der Waals surface area contributed by atoms with Crippen molar-refractivity contribution in [3.05, 3.63) is 35.9 Å². The first-order valence-electron chi connectivity index (χ1n) is 7.90. The molecule has 10 heteroatoms. The molecule has 0 saturated carbocycles. The van der Waals surface area contributed by atoms with Crippen molar-refractivity contribution in [2.45, 2.75) is 23.7 Å². The summed E-state index contributed by atoms with van der Waals surface area (Å²) in [5, 5.41) is 13.4. The summed E-state index contributed by atoms with van der Waals surface area (Å²) in [6.45, 7) is 3.23. The van der Waals surface area contributed by atoms with Crippen LogP contribution < -0.4 is 10.6 Å². The van der Waals surface area contributed by atoms with Crippen molar-refractivity contribution >= 4 is 46.1 Å². The summed E-state index contributed by atoms with van der Waals surface area (Å²) in [7, 11) is 0. The summed E-state index contributed by atoms with van der Waals surface area (Å²) in [5.74, 6) is -0.123. The Kier molecular flexibility index (Phi) is 5.23. The lowest BCUT2D eigenvalue weighted by Gasteiger charge is -2.21. The van der Waals surface area contributed by atoms with Crippen LogP contribution in [0.1, 0.15) is 19.4 Å². The van der Waals surface area contributed by atoms with Gasteiger partial charge >= 0.3 is 6.03 Å². The van der Waals surface area contributed by atoms with Gasteiger partial charge in [-0.1, -0.05) is 60.4 Å². The first-order chi connectivity index (χ1) is 12.4. The molecular weight excluding hydrogens is 374 g/mol. The van der Waals surface area contributed by atoms with Crippen molar-refractivity contribution in [3.8, 4) is 0 Å². The SMILES string of the molecule is CCSc1nnc(NC(=O)CN2C(=O)N[C@](C)(c3ccccc3)C2=O)s1. The molecule has 0 unspecified atom stereocenters. The van der Waals surface area contributed by atoms with E-state index in [0.717, 1.165) is 15.0 Å². The van der Waals surface area contributed by atoms with Crippen LogP contribution in [0, 0.1) is 0 Å². The zero-order valence-corrected chi connectivity index (χ0v) is 15.8. The second-order valence-electron chi connectivity index (χ2n) is 5.67. The normalized spacial score (nSPS) is 19.5. The molecular formula is C16H17N5O3S2. The van der Waals surface area contributed by atoms with Crippen LogP contribution in [0.2, 0.25) is 0 Å². The minimum absolute atomic E-state index is 0.337. The van der Waals surface area contributed by atoms with Crippen LogP contribution in [0.15, 0.2) is 34.7 Å². The molecule has 1 aromatic heterocycles. The molecule has 0 bridgehead atoms. The van der Waals surface area contributed by atoms with Gasteiger partial charge in [-0.05, 0) is 18.2 Å². The van der Waals surface area contributed by atoms with E-state index >= 15 is 0 Å². The van der Waals surface area contributed by atoms with Gasteiger partial charge < -0.3 is 5.32 Å². The highest BCUT2D eigenvalue weighted by molar-refractivity contribution is 8.01. The van der Waals surface area contributed by atoms with Crippen molar-refractivity contribution < 1.29 is 14.4 Å². The Morgan fingerprint density at radius 2 is 2.04 bits per heavy atom. The summed E-state index contributed by atoms with van der Waals surface area (Å²) in [6, 6.07) is 8.32. The van der Waals surface area contributed by atoms with Crippen molar-refractivity contribution in [1.29, 1.82) is 0 Å². The second kappa shape index (κ2) is 7.42. The minimum Gasteiger partial charge on any atom is -0.319 e. The number of carbonyl (C=O) groups is 3. The number of thioether (sulfide) groups is 1. The van der Waals surface area contributed by atoms with E-state index in [1.165, 1.54) is 23.1 Å². The minimum atomic E-state index is -1.19. The Morgan fingerprint density at radius 3 is 2.73 bits per heavy atom. The molecule has 1 fully saturated rings. The molecule has 3 rings (SSSR count). The second-order valence-corrected chi connectivity index (χ2v) is 8.16. The predicted molar refractivity (Wildman–Crippen MR) is 99.0 cm³/mol. The molecule has 8 nitrogen and oxygen atoms in total. The van der Waals surface area contributed by atoms with Gasteiger partial charge in [0.15, 0.2) is 4.34 Å². The van der Waals surface area contributed by atoms with Crippen molar-refractivity contribution in [3.63, 3.8) is 0 Å². The smallest absolute Gasteiger partial charge is 0.319 e. The molecule has 0 radical (unpaired) electrons. The maximum absolute atomic E-state index is 12.7. The Bertz CT molecular complexity index is 841. The Balaban J connectivity index is 1.68. The van der Waals surface area contributed by atoms with E-state index in [9.17, 15) is 14.4 Å². The molecule has 136 valence electrons. The number of urea groups is 1. The number of benzene rings is 1. The summed E-state index contributed by atoms with van der Waals surface area (Å²) < 4.78 is 0.745. The number of carbonyl (C=O) groups excluding carboxylic acids is 3.